The second-order valence-corrected chi connectivity index (χ2v) is 8.63. The van der Waals surface area contributed by atoms with Crippen molar-refractivity contribution in [2.24, 2.45) is 0 Å². The fourth-order valence-corrected chi connectivity index (χ4v) is 4.44. The van der Waals surface area contributed by atoms with Crippen LogP contribution in [0.1, 0.15) is 41.8 Å². The average Bonchev–Trinajstić information content (AvgIpc) is 3.23. The van der Waals surface area contributed by atoms with Crippen molar-refractivity contribution in [3.05, 3.63) is 65.2 Å². The van der Waals surface area contributed by atoms with Gasteiger partial charge in [-0.05, 0) is 17.7 Å². The maximum absolute atomic E-state index is 13.3. The van der Waals surface area contributed by atoms with Gasteiger partial charge >= 0.3 is 0 Å². The average molecular weight is 411 g/mol. The summed E-state index contributed by atoms with van der Waals surface area (Å²) in [4.78, 5) is 15.1. The van der Waals surface area contributed by atoms with E-state index in [-0.39, 0.29) is 25.4 Å². The van der Waals surface area contributed by atoms with Gasteiger partial charge in [0.15, 0.2) is 0 Å². The highest BCUT2D eigenvalue weighted by atomic mass is 16.7. The molecule has 2 atom stereocenters. The first-order valence-electron chi connectivity index (χ1n) is 10.3. The molecule has 2 aliphatic heterocycles. The lowest BCUT2D eigenvalue weighted by Gasteiger charge is -2.42. The number of ether oxygens (including phenoxy) is 3. The van der Waals surface area contributed by atoms with E-state index in [1.165, 1.54) is 0 Å². The van der Waals surface area contributed by atoms with Crippen molar-refractivity contribution in [1.82, 2.24) is 4.90 Å². The van der Waals surface area contributed by atoms with Crippen LogP contribution in [0.5, 0.6) is 5.75 Å². The first-order chi connectivity index (χ1) is 14.4. The lowest BCUT2D eigenvalue weighted by molar-refractivity contribution is -0.0439. The zero-order chi connectivity index (χ0) is 21.4. The Hall–Kier alpha value is -2.41. The number of piperidine rings is 1. The number of hydrogen-bond acceptors (Lipinski definition) is 5. The van der Waals surface area contributed by atoms with Gasteiger partial charge in [-0.2, -0.15) is 0 Å². The summed E-state index contributed by atoms with van der Waals surface area (Å²) in [6, 6.07) is 15.6. The number of hydrogen-bond donors (Lipinski definition) is 1. The quantitative estimate of drug-likeness (QED) is 0.819. The zero-order valence-electron chi connectivity index (χ0n) is 17.8. The molecule has 30 heavy (non-hydrogen) atoms. The maximum Gasteiger partial charge on any atom is 0.254 e. The number of fused-ring (bicyclic) bond motifs is 1. The molecule has 2 saturated heterocycles. The molecular weight excluding hydrogens is 382 g/mol. The Balaban J connectivity index is 1.56. The molecule has 6 heteroatoms. The van der Waals surface area contributed by atoms with Gasteiger partial charge < -0.3 is 24.2 Å². The minimum absolute atomic E-state index is 0.0106. The van der Waals surface area contributed by atoms with Crippen LogP contribution < -0.4 is 4.74 Å². The van der Waals surface area contributed by atoms with E-state index in [0.29, 0.717) is 30.8 Å². The number of aliphatic hydroxyl groups is 1. The molecule has 2 aromatic carbocycles. The van der Waals surface area contributed by atoms with Gasteiger partial charge in [-0.15, -0.1) is 0 Å². The van der Waals surface area contributed by atoms with Crippen molar-refractivity contribution < 1.29 is 24.1 Å². The van der Waals surface area contributed by atoms with E-state index in [0.717, 1.165) is 11.1 Å². The van der Waals surface area contributed by atoms with Crippen LogP contribution in [-0.2, 0) is 20.5 Å². The first-order valence-corrected chi connectivity index (χ1v) is 10.3. The molecule has 2 aromatic rings. The van der Waals surface area contributed by atoms with E-state index in [9.17, 15) is 9.90 Å². The third kappa shape index (κ3) is 3.49. The van der Waals surface area contributed by atoms with E-state index >= 15 is 0 Å². The SMILES string of the molecule is COc1cc(C(=O)N2CCC3(c4ccccc4)OCOC3C2)ccc1C(C)(C)CO. The number of methoxy groups -OCH3 is 1. The van der Waals surface area contributed by atoms with Gasteiger partial charge in [0.05, 0.1) is 20.3 Å². The maximum atomic E-state index is 13.3. The molecule has 1 amide bonds. The number of carbonyl (C=O) groups excluding carboxylic acids is 1. The highest BCUT2D eigenvalue weighted by Gasteiger charge is 2.51. The van der Waals surface area contributed by atoms with Crippen LogP contribution in [-0.4, -0.2) is 55.6 Å². The minimum Gasteiger partial charge on any atom is -0.496 e. The molecular formula is C24H29NO5. The smallest absolute Gasteiger partial charge is 0.254 e. The summed E-state index contributed by atoms with van der Waals surface area (Å²) in [6.07, 6.45) is 0.479. The van der Waals surface area contributed by atoms with Gasteiger partial charge in [0, 0.05) is 29.5 Å². The van der Waals surface area contributed by atoms with E-state index in [4.69, 9.17) is 14.2 Å². The van der Waals surface area contributed by atoms with Gasteiger partial charge in [0.25, 0.3) is 5.91 Å². The van der Waals surface area contributed by atoms with Crippen LogP contribution >= 0.6 is 0 Å². The van der Waals surface area contributed by atoms with Crippen molar-refractivity contribution in [3.63, 3.8) is 0 Å². The summed E-state index contributed by atoms with van der Waals surface area (Å²) in [6.45, 7) is 5.17. The molecule has 2 aliphatic rings. The third-order valence-corrected chi connectivity index (χ3v) is 6.37. The van der Waals surface area contributed by atoms with Crippen LogP contribution in [0, 0.1) is 0 Å². The summed E-state index contributed by atoms with van der Waals surface area (Å²) >= 11 is 0. The minimum atomic E-state index is -0.495. The number of likely N-dealkylation sites (tertiary alicyclic amines) is 1. The van der Waals surface area contributed by atoms with Crippen LogP contribution in [0.15, 0.2) is 48.5 Å². The molecule has 0 spiro atoms. The number of nitrogens with zero attached hydrogens (tertiary/aromatic N) is 1. The van der Waals surface area contributed by atoms with Crippen LogP contribution in [0.3, 0.4) is 0 Å². The summed E-state index contributed by atoms with van der Waals surface area (Å²) in [5, 5.41) is 9.70. The number of aliphatic hydroxyl groups excluding tert-OH is 1. The molecule has 2 unspecified atom stereocenters. The van der Waals surface area contributed by atoms with Gasteiger partial charge in [-0.3, -0.25) is 4.79 Å². The Labute approximate surface area is 177 Å². The van der Waals surface area contributed by atoms with E-state index < -0.39 is 11.0 Å². The number of carbonyl (C=O) groups is 1. The zero-order valence-corrected chi connectivity index (χ0v) is 17.8. The van der Waals surface area contributed by atoms with Crippen molar-refractivity contribution >= 4 is 5.91 Å². The first kappa shape index (κ1) is 20.8. The van der Waals surface area contributed by atoms with Crippen LogP contribution in [0.2, 0.25) is 0 Å². The van der Waals surface area contributed by atoms with Crippen molar-refractivity contribution in [3.8, 4) is 5.75 Å². The summed E-state index contributed by atoms with van der Waals surface area (Å²) in [7, 11) is 1.58. The number of amides is 1. The number of benzene rings is 2. The fourth-order valence-electron chi connectivity index (χ4n) is 4.44. The fraction of sp³-hybridized carbons (Fsp3) is 0.458. The Morgan fingerprint density at radius 1 is 1.27 bits per heavy atom. The predicted molar refractivity (Wildman–Crippen MR) is 113 cm³/mol. The highest BCUT2D eigenvalue weighted by molar-refractivity contribution is 5.95. The van der Waals surface area contributed by atoms with Gasteiger partial charge in [0.2, 0.25) is 0 Å². The summed E-state index contributed by atoms with van der Waals surface area (Å²) in [5.41, 5.74) is 1.58. The molecule has 6 nitrogen and oxygen atoms in total. The second-order valence-electron chi connectivity index (χ2n) is 8.63. The third-order valence-electron chi connectivity index (χ3n) is 6.37. The Morgan fingerprint density at radius 2 is 2.03 bits per heavy atom. The predicted octanol–water partition coefficient (Wildman–Crippen LogP) is 3.08. The molecule has 2 heterocycles. The molecule has 0 saturated carbocycles. The van der Waals surface area contributed by atoms with Crippen molar-refractivity contribution in [1.29, 1.82) is 0 Å². The molecule has 160 valence electrons. The molecule has 0 aromatic heterocycles. The standard InChI is InChI=1S/C24H29NO5/c1-23(2,15-26)19-10-9-17(13-20(19)28-3)22(27)25-12-11-24(18-7-5-4-6-8-18)21(14-25)29-16-30-24/h4-10,13,21,26H,11-12,14-16H2,1-3H3. The van der Waals surface area contributed by atoms with Gasteiger partial charge in [-0.1, -0.05) is 50.2 Å². The van der Waals surface area contributed by atoms with Gasteiger partial charge in [-0.25, -0.2) is 0 Å². The van der Waals surface area contributed by atoms with E-state index in [1.54, 1.807) is 13.2 Å². The lowest BCUT2D eigenvalue weighted by atomic mass is 9.82. The van der Waals surface area contributed by atoms with Gasteiger partial charge in [0.1, 0.15) is 24.2 Å². The summed E-state index contributed by atoms with van der Waals surface area (Å²) in [5.74, 6) is 0.551. The molecule has 1 N–H and O–H groups in total. The highest BCUT2D eigenvalue weighted by Crippen LogP contribution is 2.42. The van der Waals surface area contributed by atoms with Crippen LogP contribution in [0.4, 0.5) is 0 Å². The Kier molecular flexibility index (Phi) is 5.57. The normalized spacial score (nSPS) is 23.9. The Bertz CT molecular complexity index is 913. The number of rotatable bonds is 5. The van der Waals surface area contributed by atoms with Crippen LogP contribution in [0.25, 0.3) is 0 Å². The molecule has 0 bridgehead atoms. The van der Waals surface area contributed by atoms with E-state index in [1.807, 2.05) is 49.1 Å². The monoisotopic (exact) mass is 411 g/mol. The second kappa shape index (κ2) is 8.02. The lowest BCUT2D eigenvalue weighted by Crippen LogP contribution is -2.53. The van der Waals surface area contributed by atoms with E-state index in [2.05, 4.69) is 12.1 Å². The molecule has 0 aliphatic carbocycles. The summed E-state index contributed by atoms with van der Waals surface area (Å²) < 4.78 is 17.5. The molecule has 4 rings (SSSR count). The molecule has 0 radical (unpaired) electrons. The van der Waals surface area contributed by atoms with Crippen molar-refractivity contribution in [2.45, 2.75) is 37.4 Å². The largest absolute Gasteiger partial charge is 0.496 e. The molecule has 2 fully saturated rings. The van der Waals surface area contributed by atoms with Crippen molar-refractivity contribution in [2.75, 3.05) is 33.6 Å². The Morgan fingerprint density at radius 3 is 2.73 bits per heavy atom. The topological polar surface area (TPSA) is 68.2 Å².